The van der Waals surface area contributed by atoms with E-state index in [-0.39, 0.29) is 31.5 Å². The molecule has 1 aromatic carbocycles. The first-order valence-corrected chi connectivity index (χ1v) is 7.60. The summed E-state index contributed by atoms with van der Waals surface area (Å²) in [4.78, 5) is 1.52. The van der Waals surface area contributed by atoms with E-state index in [2.05, 4.69) is 0 Å². The molecule has 0 saturated heterocycles. The fourth-order valence-corrected chi connectivity index (χ4v) is 3.24. The molecule has 2 aliphatic rings. The number of benzene rings is 1. The van der Waals surface area contributed by atoms with Gasteiger partial charge in [0.2, 0.25) is 0 Å². The third-order valence-corrected chi connectivity index (χ3v) is 4.34. The second kappa shape index (κ2) is 6.20. The SMILES string of the molecule is O[C@H]1CC[C@H](F)C2=C1N(Cc1ccc(F)cc1C(F)(F)F)CC=C2. The van der Waals surface area contributed by atoms with E-state index in [1.165, 1.54) is 4.90 Å². The zero-order chi connectivity index (χ0) is 17.5. The fourth-order valence-electron chi connectivity index (χ4n) is 3.24. The molecule has 0 amide bonds. The molecular weight excluding hydrogens is 329 g/mol. The minimum Gasteiger partial charge on any atom is -0.387 e. The monoisotopic (exact) mass is 345 g/mol. The summed E-state index contributed by atoms with van der Waals surface area (Å²) < 4.78 is 66.7. The predicted molar refractivity (Wildman–Crippen MR) is 78.1 cm³/mol. The molecule has 0 aromatic heterocycles. The molecule has 1 N–H and O–H groups in total. The Balaban J connectivity index is 1.96. The van der Waals surface area contributed by atoms with Gasteiger partial charge in [0, 0.05) is 24.4 Å². The van der Waals surface area contributed by atoms with E-state index in [0.29, 0.717) is 17.3 Å². The van der Waals surface area contributed by atoms with Gasteiger partial charge in [0.05, 0.1) is 11.7 Å². The van der Waals surface area contributed by atoms with Crippen molar-refractivity contribution < 1.29 is 27.1 Å². The molecule has 0 fully saturated rings. The van der Waals surface area contributed by atoms with Crippen LogP contribution in [-0.4, -0.2) is 28.8 Å². The van der Waals surface area contributed by atoms with E-state index < -0.39 is 29.8 Å². The number of aliphatic hydroxyl groups is 1. The van der Waals surface area contributed by atoms with Crippen molar-refractivity contribution in [3.63, 3.8) is 0 Å². The second-order valence-corrected chi connectivity index (χ2v) is 5.98. The molecule has 130 valence electrons. The van der Waals surface area contributed by atoms with Gasteiger partial charge in [-0.05, 0) is 30.5 Å². The molecule has 0 unspecified atom stereocenters. The zero-order valence-corrected chi connectivity index (χ0v) is 12.7. The Morgan fingerprint density at radius 2 is 1.96 bits per heavy atom. The first-order chi connectivity index (χ1) is 11.3. The highest BCUT2D eigenvalue weighted by atomic mass is 19.4. The number of hydrogen-bond donors (Lipinski definition) is 1. The molecule has 1 heterocycles. The van der Waals surface area contributed by atoms with Gasteiger partial charge in [0.25, 0.3) is 0 Å². The van der Waals surface area contributed by atoms with Gasteiger partial charge < -0.3 is 10.0 Å². The smallest absolute Gasteiger partial charge is 0.387 e. The number of allylic oxidation sites excluding steroid dienone is 2. The van der Waals surface area contributed by atoms with Crippen LogP contribution in [0.4, 0.5) is 22.0 Å². The predicted octanol–water partition coefficient (Wildman–Crippen LogP) is 3.96. The van der Waals surface area contributed by atoms with E-state index in [0.717, 1.165) is 12.1 Å². The maximum atomic E-state index is 14.0. The van der Waals surface area contributed by atoms with Gasteiger partial charge >= 0.3 is 6.18 Å². The maximum Gasteiger partial charge on any atom is 0.416 e. The van der Waals surface area contributed by atoms with Crippen LogP contribution >= 0.6 is 0 Å². The van der Waals surface area contributed by atoms with Crippen molar-refractivity contribution in [1.82, 2.24) is 4.90 Å². The van der Waals surface area contributed by atoms with Crippen molar-refractivity contribution in [1.29, 1.82) is 0 Å². The number of aliphatic hydroxyl groups excluding tert-OH is 1. The number of rotatable bonds is 2. The summed E-state index contributed by atoms with van der Waals surface area (Å²) in [6, 6.07) is 2.51. The topological polar surface area (TPSA) is 23.5 Å². The third kappa shape index (κ3) is 3.17. The first kappa shape index (κ1) is 17.0. The molecule has 1 aromatic rings. The average Bonchev–Trinajstić information content (AvgIpc) is 2.52. The average molecular weight is 345 g/mol. The lowest BCUT2D eigenvalue weighted by Gasteiger charge is -2.38. The van der Waals surface area contributed by atoms with Crippen LogP contribution in [0.5, 0.6) is 0 Å². The highest BCUT2D eigenvalue weighted by Gasteiger charge is 2.36. The van der Waals surface area contributed by atoms with Gasteiger partial charge in [0.1, 0.15) is 12.0 Å². The Hall–Kier alpha value is -1.89. The Morgan fingerprint density at radius 3 is 2.67 bits per heavy atom. The van der Waals surface area contributed by atoms with Crippen molar-refractivity contribution >= 4 is 0 Å². The minimum absolute atomic E-state index is 0.112. The normalized spacial score (nSPS) is 24.3. The van der Waals surface area contributed by atoms with Crippen LogP contribution in [0.1, 0.15) is 24.0 Å². The minimum atomic E-state index is -4.69. The molecule has 0 saturated carbocycles. The van der Waals surface area contributed by atoms with E-state index >= 15 is 0 Å². The van der Waals surface area contributed by atoms with Crippen LogP contribution < -0.4 is 0 Å². The molecule has 2 nitrogen and oxygen atoms in total. The van der Waals surface area contributed by atoms with Crippen LogP contribution in [-0.2, 0) is 12.7 Å². The summed E-state index contributed by atoms with van der Waals surface area (Å²) in [5, 5.41) is 10.2. The van der Waals surface area contributed by atoms with E-state index in [1.807, 2.05) is 0 Å². The summed E-state index contributed by atoms with van der Waals surface area (Å²) in [7, 11) is 0. The lowest BCUT2D eigenvalue weighted by molar-refractivity contribution is -0.138. The summed E-state index contributed by atoms with van der Waals surface area (Å²) in [5.74, 6) is -0.967. The molecule has 0 radical (unpaired) electrons. The van der Waals surface area contributed by atoms with E-state index in [9.17, 15) is 27.1 Å². The fraction of sp³-hybridized carbons (Fsp3) is 0.412. The number of nitrogens with zero attached hydrogens (tertiary/aromatic N) is 1. The van der Waals surface area contributed by atoms with Gasteiger partial charge in [-0.25, -0.2) is 8.78 Å². The lowest BCUT2D eigenvalue weighted by Crippen LogP contribution is -2.38. The maximum absolute atomic E-state index is 14.0. The quantitative estimate of drug-likeness (QED) is 0.820. The molecular formula is C17H16F5NO. The Bertz CT molecular complexity index is 695. The zero-order valence-electron chi connectivity index (χ0n) is 12.7. The Morgan fingerprint density at radius 1 is 1.21 bits per heavy atom. The number of halogens is 5. The Kier molecular flexibility index (Phi) is 4.38. The molecule has 2 atom stereocenters. The number of alkyl halides is 4. The van der Waals surface area contributed by atoms with Crippen molar-refractivity contribution in [2.45, 2.75) is 37.8 Å². The van der Waals surface area contributed by atoms with Crippen LogP contribution in [0, 0.1) is 5.82 Å². The van der Waals surface area contributed by atoms with E-state index in [4.69, 9.17) is 0 Å². The molecule has 1 aliphatic heterocycles. The highest BCUT2D eigenvalue weighted by Crippen LogP contribution is 2.37. The summed E-state index contributed by atoms with van der Waals surface area (Å²) >= 11 is 0. The molecule has 7 heteroatoms. The second-order valence-electron chi connectivity index (χ2n) is 5.98. The molecule has 3 rings (SSSR count). The molecule has 0 bridgehead atoms. The number of hydrogen-bond acceptors (Lipinski definition) is 2. The van der Waals surface area contributed by atoms with Gasteiger partial charge in [0.15, 0.2) is 0 Å². The van der Waals surface area contributed by atoms with Crippen molar-refractivity contribution in [2.75, 3.05) is 6.54 Å². The van der Waals surface area contributed by atoms with Gasteiger partial charge in [-0.2, -0.15) is 13.2 Å². The summed E-state index contributed by atoms with van der Waals surface area (Å²) in [6.45, 7) is 0.0827. The lowest BCUT2D eigenvalue weighted by atomic mass is 9.89. The van der Waals surface area contributed by atoms with Crippen LogP contribution in [0.2, 0.25) is 0 Å². The molecule has 0 spiro atoms. The third-order valence-electron chi connectivity index (χ3n) is 4.34. The van der Waals surface area contributed by atoms with Gasteiger partial charge in [-0.3, -0.25) is 0 Å². The van der Waals surface area contributed by atoms with Crippen molar-refractivity contribution in [2.24, 2.45) is 0 Å². The van der Waals surface area contributed by atoms with Crippen LogP contribution in [0.25, 0.3) is 0 Å². The van der Waals surface area contributed by atoms with Crippen molar-refractivity contribution in [3.8, 4) is 0 Å². The van der Waals surface area contributed by atoms with Gasteiger partial charge in [-0.1, -0.05) is 18.2 Å². The summed E-state index contributed by atoms with van der Waals surface area (Å²) in [6.07, 6.45) is -3.20. The largest absolute Gasteiger partial charge is 0.416 e. The highest BCUT2D eigenvalue weighted by molar-refractivity contribution is 5.38. The summed E-state index contributed by atoms with van der Waals surface area (Å²) in [5.41, 5.74) is -0.523. The van der Waals surface area contributed by atoms with Crippen molar-refractivity contribution in [3.05, 3.63) is 58.6 Å². The standard InChI is InChI=1S/C17H16F5NO/c18-11-4-3-10(13(8-11)17(20,21)22)9-23-7-1-2-12-14(19)5-6-15(24)16(12)23/h1-4,8,14-15,24H,5-7,9H2/t14-,15-/m0/s1. The first-order valence-electron chi connectivity index (χ1n) is 7.60. The van der Waals surface area contributed by atoms with Gasteiger partial charge in [-0.15, -0.1) is 0 Å². The molecule has 24 heavy (non-hydrogen) atoms. The van der Waals surface area contributed by atoms with E-state index in [1.54, 1.807) is 12.2 Å². The van der Waals surface area contributed by atoms with Crippen LogP contribution in [0.3, 0.4) is 0 Å². The van der Waals surface area contributed by atoms with Crippen LogP contribution in [0.15, 0.2) is 41.6 Å². The molecule has 1 aliphatic carbocycles. The Labute approximate surface area is 135 Å².